The van der Waals surface area contributed by atoms with Gasteiger partial charge < -0.3 is 4.42 Å². The lowest BCUT2D eigenvalue weighted by Crippen LogP contribution is -2.30. The van der Waals surface area contributed by atoms with Crippen molar-refractivity contribution in [1.29, 1.82) is 0 Å². The fourth-order valence-corrected chi connectivity index (χ4v) is 5.19. The number of benzene rings is 3. The fourth-order valence-electron chi connectivity index (χ4n) is 5.19. The summed E-state index contributed by atoms with van der Waals surface area (Å²) in [5, 5.41) is 1.91. The summed E-state index contributed by atoms with van der Waals surface area (Å²) in [5.74, 6) is 0. The van der Waals surface area contributed by atoms with Gasteiger partial charge in [-0.15, -0.1) is 0 Å². The fraction of sp³-hybridized carbons (Fsp3) is 0.172. The minimum absolute atomic E-state index is 0.635. The van der Waals surface area contributed by atoms with Crippen molar-refractivity contribution >= 4 is 27.6 Å². The topological polar surface area (TPSA) is 21.4 Å². The van der Waals surface area contributed by atoms with Gasteiger partial charge in [-0.2, -0.15) is 0 Å². The minimum Gasteiger partial charge on any atom is -0.456 e. The SMILES string of the molecule is [C-]#[N+]c1ccc(-c2ccc3c(c2)CCC3)c2oc3c(-c4cccc[n+]4C)c(C)ccc3c12. The summed E-state index contributed by atoms with van der Waals surface area (Å²) in [6.45, 7) is 9.91. The Hall–Kier alpha value is -3.90. The average Bonchev–Trinajstić information content (AvgIpc) is 3.43. The molecule has 0 saturated carbocycles. The molecule has 0 bridgehead atoms. The van der Waals surface area contributed by atoms with E-state index in [0.29, 0.717) is 5.69 Å². The van der Waals surface area contributed by atoms with E-state index in [1.54, 1.807) is 0 Å². The molecule has 0 unspecified atom stereocenters. The number of hydrogen-bond donors (Lipinski definition) is 0. The predicted octanol–water partition coefficient (Wildman–Crippen LogP) is 7.09. The highest BCUT2D eigenvalue weighted by Crippen LogP contribution is 2.44. The molecule has 3 heteroatoms. The van der Waals surface area contributed by atoms with Crippen molar-refractivity contribution in [2.24, 2.45) is 7.05 Å². The van der Waals surface area contributed by atoms with Gasteiger partial charge in [-0.3, -0.25) is 0 Å². The van der Waals surface area contributed by atoms with Crippen molar-refractivity contribution in [2.45, 2.75) is 26.2 Å². The van der Waals surface area contributed by atoms with Crippen molar-refractivity contribution in [3.63, 3.8) is 0 Å². The molecule has 1 aliphatic carbocycles. The van der Waals surface area contributed by atoms with E-state index in [4.69, 9.17) is 11.0 Å². The Bertz CT molecular complexity index is 1580. The molecular formula is C29H23N2O+. The van der Waals surface area contributed by atoms with Crippen LogP contribution in [0.3, 0.4) is 0 Å². The Balaban J connectivity index is 1.71. The molecule has 0 atom stereocenters. The zero-order valence-electron chi connectivity index (χ0n) is 18.3. The zero-order chi connectivity index (χ0) is 21.8. The third-order valence-electron chi connectivity index (χ3n) is 6.82. The lowest BCUT2D eigenvalue weighted by Gasteiger charge is -2.07. The number of nitrogens with zero attached hydrogens (tertiary/aromatic N) is 2. The van der Waals surface area contributed by atoms with Crippen LogP contribution in [0.2, 0.25) is 0 Å². The molecule has 3 nitrogen and oxygen atoms in total. The van der Waals surface area contributed by atoms with Crippen LogP contribution in [-0.2, 0) is 19.9 Å². The van der Waals surface area contributed by atoms with Crippen molar-refractivity contribution in [3.8, 4) is 22.4 Å². The van der Waals surface area contributed by atoms with Crippen LogP contribution < -0.4 is 4.57 Å². The number of aryl methyl sites for hydroxylation is 4. The first kappa shape index (κ1) is 18.8. The summed E-state index contributed by atoms with van der Waals surface area (Å²) in [7, 11) is 2.05. The summed E-state index contributed by atoms with van der Waals surface area (Å²) in [5.41, 5.74) is 10.7. The van der Waals surface area contributed by atoms with E-state index >= 15 is 0 Å². The Labute approximate surface area is 187 Å². The molecule has 154 valence electrons. The van der Waals surface area contributed by atoms with Crippen molar-refractivity contribution < 1.29 is 8.98 Å². The Morgan fingerprint density at radius 2 is 1.81 bits per heavy atom. The van der Waals surface area contributed by atoms with E-state index in [-0.39, 0.29) is 0 Å². The standard InChI is InChI=1S/C29H23N2O/c1-18-10-13-23-27-24(30-2)15-14-22(21-12-11-19-7-6-8-20(19)17-21)28(27)32-29(23)26(18)25-9-4-5-16-31(25)3/h4-5,9-17H,6-8H2,1,3H3/q+1. The molecule has 0 saturated heterocycles. The molecule has 2 heterocycles. The highest BCUT2D eigenvalue weighted by Gasteiger charge is 2.23. The highest BCUT2D eigenvalue weighted by atomic mass is 16.3. The van der Waals surface area contributed by atoms with E-state index in [1.165, 1.54) is 24.0 Å². The van der Waals surface area contributed by atoms with Crippen LogP contribution in [-0.4, -0.2) is 0 Å². The minimum atomic E-state index is 0.635. The van der Waals surface area contributed by atoms with Crippen molar-refractivity contribution in [1.82, 2.24) is 0 Å². The average molecular weight is 416 g/mol. The molecule has 0 fully saturated rings. The maximum absolute atomic E-state index is 7.79. The molecule has 0 amide bonds. The van der Waals surface area contributed by atoms with Gasteiger partial charge in [0.05, 0.1) is 12.1 Å². The van der Waals surface area contributed by atoms with Crippen LogP contribution in [0.15, 0.2) is 71.3 Å². The van der Waals surface area contributed by atoms with Gasteiger partial charge in [0.2, 0.25) is 5.69 Å². The first-order valence-electron chi connectivity index (χ1n) is 11.1. The second-order valence-corrected chi connectivity index (χ2v) is 8.72. The summed E-state index contributed by atoms with van der Waals surface area (Å²) < 4.78 is 8.78. The van der Waals surface area contributed by atoms with E-state index in [1.807, 2.05) is 18.2 Å². The number of rotatable bonds is 2. The Kier molecular flexibility index (Phi) is 4.16. The third kappa shape index (κ3) is 2.70. The number of fused-ring (bicyclic) bond motifs is 4. The quantitative estimate of drug-likeness (QED) is 0.223. The first-order valence-corrected chi connectivity index (χ1v) is 11.1. The monoisotopic (exact) mass is 415 g/mol. The number of pyridine rings is 1. The van der Waals surface area contributed by atoms with Crippen molar-refractivity contribution in [2.75, 3.05) is 0 Å². The van der Waals surface area contributed by atoms with Gasteiger partial charge in [-0.25, -0.2) is 9.41 Å². The smallest absolute Gasteiger partial charge is 0.216 e. The lowest BCUT2D eigenvalue weighted by atomic mass is 9.96. The molecule has 0 aliphatic heterocycles. The Morgan fingerprint density at radius 3 is 2.66 bits per heavy atom. The van der Waals surface area contributed by atoms with Crippen LogP contribution in [0.5, 0.6) is 0 Å². The molecule has 0 N–H and O–H groups in total. The van der Waals surface area contributed by atoms with Crippen LogP contribution in [0.4, 0.5) is 5.69 Å². The second-order valence-electron chi connectivity index (χ2n) is 8.72. The molecule has 1 aliphatic rings. The van der Waals surface area contributed by atoms with Gasteiger partial charge in [0, 0.05) is 28.5 Å². The molecule has 2 aromatic heterocycles. The van der Waals surface area contributed by atoms with Gasteiger partial charge >= 0.3 is 0 Å². The normalized spacial score (nSPS) is 12.9. The van der Waals surface area contributed by atoms with Gasteiger partial charge in [-0.05, 0) is 54.5 Å². The maximum Gasteiger partial charge on any atom is 0.216 e. The van der Waals surface area contributed by atoms with E-state index in [2.05, 4.69) is 72.0 Å². The van der Waals surface area contributed by atoms with Crippen LogP contribution in [0.1, 0.15) is 23.1 Å². The van der Waals surface area contributed by atoms with Gasteiger partial charge in [0.1, 0.15) is 18.2 Å². The first-order chi connectivity index (χ1) is 15.7. The van der Waals surface area contributed by atoms with E-state index in [0.717, 1.165) is 56.3 Å². The van der Waals surface area contributed by atoms with Gasteiger partial charge in [0.25, 0.3) is 0 Å². The van der Waals surface area contributed by atoms with Gasteiger partial charge in [-0.1, -0.05) is 42.5 Å². The third-order valence-corrected chi connectivity index (χ3v) is 6.82. The second kappa shape index (κ2) is 7.07. The van der Waals surface area contributed by atoms with Crippen LogP contribution in [0.25, 0.3) is 49.2 Å². The lowest BCUT2D eigenvalue weighted by molar-refractivity contribution is -0.660. The molecule has 6 rings (SSSR count). The van der Waals surface area contributed by atoms with Crippen LogP contribution >= 0.6 is 0 Å². The summed E-state index contributed by atoms with van der Waals surface area (Å²) in [4.78, 5) is 3.84. The molecular weight excluding hydrogens is 392 g/mol. The predicted molar refractivity (Wildman–Crippen MR) is 129 cm³/mol. The van der Waals surface area contributed by atoms with E-state index < -0.39 is 0 Å². The number of furan rings is 1. The molecule has 32 heavy (non-hydrogen) atoms. The molecule has 3 aromatic carbocycles. The highest BCUT2D eigenvalue weighted by molar-refractivity contribution is 6.18. The van der Waals surface area contributed by atoms with E-state index in [9.17, 15) is 0 Å². The maximum atomic E-state index is 7.79. The zero-order valence-corrected chi connectivity index (χ0v) is 18.3. The van der Waals surface area contributed by atoms with Crippen molar-refractivity contribution in [3.05, 3.63) is 95.0 Å². The summed E-state index contributed by atoms with van der Waals surface area (Å²) >= 11 is 0. The molecule has 0 spiro atoms. The summed E-state index contributed by atoms with van der Waals surface area (Å²) in [6, 6.07) is 21.2. The molecule has 0 radical (unpaired) electrons. The number of hydrogen-bond acceptors (Lipinski definition) is 1. The van der Waals surface area contributed by atoms with Gasteiger partial charge in [0.15, 0.2) is 11.9 Å². The largest absolute Gasteiger partial charge is 0.456 e. The summed E-state index contributed by atoms with van der Waals surface area (Å²) in [6.07, 6.45) is 5.59. The molecule has 5 aromatic rings. The van der Waals surface area contributed by atoms with Crippen LogP contribution in [0, 0.1) is 13.5 Å². The Morgan fingerprint density at radius 1 is 0.938 bits per heavy atom. The number of aromatic nitrogens is 1.